The van der Waals surface area contributed by atoms with E-state index in [1.165, 1.54) is 5.56 Å². The largest absolute Gasteiger partial charge is 1.00 e. The Hall–Kier alpha value is -0.0397. The van der Waals surface area contributed by atoms with Crippen LogP contribution in [0, 0.1) is 13.0 Å². The summed E-state index contributed by atoms with van der Waals surface area (Å²) in [5.41, 5.74) is 1.20. The third kappa shape index (κ3) is 2.31. The fourth-order valence-electron chi connectivity index (χ4n) is 0.483. The van der Waals surface area contributed by atoms with E-state index < -0.39 is 0 Å². The predicted molar refractivity (Wildman–Crippen MR) is 30.0 cm³/mol. The van der Waals surface area contributed by atoms with Gasteiger partial charge >= 0.3 is 22.4 Å². The third-order valence-corrected chi connectivity index (χ3v) is 0.865. The summed E-state index contributed by atoms with van der Waals surface area (Å²) in [5.74, 6) is 0. The molecule has 0 fully saturated rings. The van der Waals surface area contributed by atoms with Gasteiger partial charge in [0.15, 0.2) is 0 Å². The summed E-state index contributed by atoms with van der Waals surface area (Å²) in [5, 5.41) is 0. The van der Waals surface area contributed by atoms with E-state index in [-0.39, 0.29) is 22.4 Å². The Bertz CT molecular complexity index is 134. The maximum atomic E-state index is 3.03. The summed E-state index contributed by atoms with van der Waals surface area (Å²) in [4.78, 5) is 0. The zero-order chi connectivity index (χ0) is 5.11. The fourth-order valence-corrected chi connectivity index (χ4v) is 0.483. The molecule has 1 aromatic carbocycles. The fraction of sp³-hybridized carbons (Fsp3) is 0.143. The van der Waals surface area contributed by atoms with Crippen LogP contribution < -0.4 is 0 Å². The van der Waals surface area contributed by atoms with Crippen LogP contribution in [0.1, 0.15) is 5.56 Å². The van der Waals surface area contributed by atoms with E-state index in [0.29, 0.717) is 0 Å². The van der Waals surface area contributed by atoms with Crippen LogP contribution in [0.25, 0.3) is 0 Å². The van der Waals surface area contributed by atoms with Gasteiger partial charge in [0.2, 0.25) is 0 Å². The first-order chi connectivity index (χ1) is 3.39. The molecule has 0 bridgehead atoms. The van der Waals surface area contributed by atoms with Crippen LogP contribution in [0.4, 0.5) is 0 Å². The van der Waals surface area contributed by atoms with Crippen molar-refractivity contribution in [1.29, 1.82) is 0 Å². The third-order valence-electron chi connectivity index (χ3n) is 0.865. The van der Waals surface area contributed by atoms with Crippen molar-refractivity contribution in [3.63, 3.8) is 0 Å². The van der Waals surface area contributed by atoms with E-state index in [2.05, 4.69) is 6.07 Å². The number of benzene rings is 1. The molecule has 1 aromatic rings. The van der Waals surface area contributed by atoms with Gasteiger partial charge < -0.3 is 0 Å². The first kappa shape index (κ1) is 7.96. The van der Waals surface area contributed by atoms with Gasteiger partial charge in [0.05, 0.1) is 0 Å². The van der Waals surface area contributed by atoms with Gasteiger partial charge in [-0.1, -0.05) is 6.92 Å². The molecule has 0 aliphatic rings. The van der Waals surface area contributed by atoms with E-state index >= 15 is 0 Å². The SMILES string of the molecule is Cc1[c-]cccc1.[Au+]. The van der Waals surface area contributed by atoms with Gasteiger partial charge in [0.25, 0.3) is 0 Å². The normalized spacial score (nSPS) is 7.62. The van der Waals surface area contributed by atoms with E-state index in [9.17, 15) is 0 Å². The van der Waals surface area contributed by atoms with Crippen LogP contribution in [0.2, 0.25) is 0 Å². The van der Waals surface area contributed by atoms with Gasteiger partial charge in [-0.15, -0.1) is 0 Å². The van der Waals surface area contributed by atoms with Crippen molar-refractivity contribution in [1.82, 2.24) is 0 Å². The van der Waals surface area contributed by atoms with Crippen molar-refractivity contribution in [3.05, 3.63) is 35.9 Å². The molecule has 0 atom stereocenters. The molecule has 0 saturated carbocycles. The van der Waals surface area contributed by atoms with Crippen molar-refractivity contribution >= 4 is 0 Å². The van der Waals surface area contributed by atoms with Crippen LogP contribution in [0.3, 0.4) is 0 Å². The summed E-state index contributed by atoms with van der Waals surface area (Å²) >= 11 is 0. The smallest absolute Gasteiger partial charge is 0.181 e. The number of rotatable bonds is 0. The minimum Gasteiger partial charge on any atom is -0.181 e. The number of hydrogen-bond acceptors (Lipinski definition) is 0. The molecule has 1 heteroatoms. The van der Waals surface area contributed by atoms with Gasteiger partial charge in [0, 0.05) is 0 Å². The minimum absolute atomic E-state index is 0. The summed E-state index contributed by atoms with van der Waals surface area (Å²) in [7, 11) is 0. The Balaban J connectivity index is 0.000000490. The van der Waals surface area contributed by atoms with E-state index in [1.807, 2.05) is 31.2 Å². The van der Waals surface area contributed by atoms with Crippen LogP contribution in [-0.2, 0) is 22.4 Å². The Morgan fingerprint density at radius 2 is 2.12 bits per heavy atom. The molecule has 0 nitrogen and oxygen atoms in total. The van der Waals surface area contributed by atoms with Crippen LogP contribution in [0.15, 0.2) is 24.3 Å². The second-order valence-corrected chi connectivity index (χ2v) is 1.55. The molecule has 0 unspecified atom stereocenters. The molecular weight excluding hydrogens is 281 g/mol. The first-order valence-electron chi connectivity index (χ1n) is 2.33. The molecule has 0 amide bonds. The summed E-state index contributed by atoms with van der Waals surface area (Å²) < 4.78 is 0. The maximum absolute atomic E-state index is 3.03. The van der Waals surface area contributed by atoms with Crippen LogP contribution in [-0.4, -0.2) is 0 Å². The topological polar surface area (TPSA) is 0 Å². The minimum atomic E-state index is 0. The molecule has 8 heavy (non-hydrogen) atoms. The second-order valence-electron chi connectivity index (χ2n) is 1.55. The summed E-state index contributed by atoms with van der Waals surface area (Å²) in [6.45, 7) is 2.03. The molecule has 46 valence electrons. The summed E-state index contributed by atoms with van der Waals surface area (Å²) in [6, 6.07) is 10.9. The Labute approximate surface area is 65.4 Å². The molecule has 0 heterocycles. The van der Waals surface area contributed by atoms with Crippen molar-refractivity contribution in [3.8, 4) is 0 Å². The first-order valence-corrected chi connectivity index (χ1v) is 2.33. The molecule has 0 aromatic heterocycles. The molecule has 0 aliphatic carbocycles. The quantitative estimate of drug-likeness (QED) is 0.504. The van der Waals surface area contributed by atoms with Crippen LogP contribution >= 0.6 is 0 Å². The predicted octanol–water partition coefficient (Wildman–Crippen LogP) is 1.79. The van der Waals surface area contributed by atoms with Gasteiger partial charge in [-0.2, -0.15) is 35.9 Å². The van der Waals surface area contributed by atoms with E-state index in [0.717, 1.165) is 0 Å². The molecule has 0 spiro atoms. The van der Waals surface area contributed by atoms with Gasteiger partial charge in [0.1, 0.15) is 0 Å². The van der Waals surface area contributed by atoms with Gasteiger partial charge in [-0.05, 0) is 0 Å². The molecule has 0 radical (unpaired) electrons. The molecule has 0 N–H and O–H groups in total. The molecule has 0 aliphatic heterocycles. The average Bonchev–Trinajstić information content (AvgIpc) is 1.69. The second kappa shape index (κ2) is 3.90. The monoisotopic (exact) mass is 288 g/mol. The van der Waals surface area contributed by atoms with Crippen molar-refractivity contribution in [2.45, 2.75) is 6.92 Å². The zero-order valence-corrected chi connectivity index (χ0v) is 6.78. The van der Waals surface area contributed by atoms with Crippen molar-refractivity contribution in [2.24, 2.45) is 0 Å². The number of hydrogen-bond donors (Lipinski definition) is 0. The van der Waals surface area contributed by atoms with Gasteiger partial charge in [-0.25, -0.2) is 0 Å². The average molecular weight is 288 g/mol. The standard InChI is InChI=1S/C7H7.Au/c1-7-5-3-2-4-6-7;/h2-5H,1H3;/q-1;+1. The Kier molecular flexibility index (Phi) is 3.88. The maximum Gasteiger partial charge on any atom is 1.00 e. The van der Waals surface area contributed by atoms with Crippen LogP contribution in [0.5, 0.6) is 0 Å². The van der Waals surface area contributed by atoms with E-state index in [4.69, 9.17) is 0 Å². The summed E-state index contributed by atoms with van der Waals surface area (Å²) in [6.07, 6.45) is 0. The van der Waals surface area contributed by atoms with Crippen molar-refractivity contribution < 1.29 is 22.4 Å². The van der Waals surface area contributed by atoms with E-state index in [1.54, 1.807) is 0 Å². The number of aryl methyl sites for hydroxylation is 1. The Morgan fingerprint density at radius 3 is 2.38 bits per heavy atom. The molecule has 0 saturated heterocycles. The van der Waals surface area contributed by atoms with Crippen molar-refractivity contribution in [2.75, 3.05) is 0 Å². The Morgan fingerprint density at radius 1 is 1.38 bits per heavy atom. The van der Waals surface area contributed by atoms with Gasteiger partial charge in [-0.3, -0.25) is 0 Å². The molecular formula is C7H7Au. The molecule has 1 rings (SSSR count). The zero-order valence-electron chi connectivity index (χ0n) is 4.61.